The van der Waals surface area contributed by atoms with Crippen molar-refractivity contribution in [2.45, 2.75) is 174 Å². The van der Waals surface area contributed by atoms with E-state index in [1.165, 1.54) is 18.2 Å². The van der Waals surface area contributed by atoms with Gasteiger partial charge in [-0.05, 0) is 54.2 Å². The predicted octanol–water partition coefficient (Wildman–Crippen LogP) is 11.4. The maximum Gasteiger partial charge on any atom is 0.328 e. The number of ether oxygens (including phenoxy) is 3. The minimum absolute atomic E-state index is 0.106. The van der Waals surface area contributed by atoms with Gasteiger partial charge in [-0.1, -0.05) is 208 Å². The molecule has 3 N–H and O–H groups in total. The number of amides is 3. The first-order valence-corrected chi connectivity index (χ1v) is 26.8. The third kappa shape index (κ3) is 22.8. The van der Waals surface area contributed by atoms with Gasteiger partial charge in [-0.2, -0.15) is 0 Å². The van der Waals surface area contributed by atoms with Crippen LogP contribution in [0.15, 0.2) is 109 Å². The number of carbonyl (C=O) groups is 6. The van der Waals surface area contributed by atoms with Crippen molar-refractivity contribution in [1.29, 1.82) is 0 Å². The molecule has 2 unspecified atom stereocenters. The summed E-state index contributed by atoms with van der Waals surface area (Å²) in [4.78, 5) is 84.5. The molecule has 72 heavy (non-hydrogen) atoms. The summed E-state index contributed by atoms with van der Waals surface area (Å²) in [6, 6.07) is 28.4. The van der Waals surface area contributed by atoms with E-state index in [2.05, 4.69) is 36.7 Å². The second-order valence-corrected chi connectivity index (χ2v) is 18.8. The van der Waals surface area contributed by atoms with Gasteiger partial charge in [0.2, 0.25) is 0 Å². The van der Waals surface area contributed by atoms with E-state index >= 15 is 0 Å². The molecule has 0 aromatic heterocycles. The van der Waals surface area contributed by atoms with Gasteiger partial charge in [-0.3, -0.25) is 14.4 Å². The van der Waals surface area contributed by atoms with Crippen LogP contribution in [-0.4, -0.2) is 73.6 Å². The number of hydrogen-bond acceptors (Lipinski definition) is 9. The Morgan fingerprint density at radius 1 is 0.347 bits per heavy atom. The van der Waals surface area contributed by atoms with Crippen LogP contribution in [0.2, 0.25) is 0 Å². The molecule has 0 bridgehead atoms. The van der Waals surface area contributed by atoms with Crippen LogP contribution in [0.5, 0.6) is 0 Å². The van der Waals surface area contributed by atoms with E-state index in [4.69, 9.17) is 14.2 Å². The highest BCUT2D eigenvalue weighted by Gasteiger charge is 2.29. The van der Waals surface area contributed by atoms with Gasteiger partial charge >= 0.3 is 17.9 Å². The Labute approximate surface area is 429 Å². The predicted molar refractivity (Wildman–Crippen MR) is 284 cm³/mol. The van der Waals surface area contributed by atoms with Crippen molar-refractivity contribution in [3.8, 4) is 0 Å². The maximum absolute atomic E-state index is 14.4. The van der Waals surface area contributed by atoms with Gasteiger partial charge in [-0.15, -0.1) is 0 Å². The normalized spacial score (nSPS) is 12.2. The van der Waals surface area contributed by atoms with Crippen molar-refractivity contribution in [2.24, 2.45) is 0 Å². The van der Waals surface area contributed by atoms with Crippen molar-refractivity contribution in [3.05, 3.63) is 143 Å². The van der Waals surface area contributed by atoms with Crippen LogP contribution in [0.3, 0.4) is 0 Å². The Hall–Kier alpha value is -6.30. The molecular formula is C60H81N3O9. The molecule has 0 saturated heterocycles. The first-order chi connectivity index (χ1) is 35.1. The molecule has 12 heteroatoms. The van der Waals surface area contributed by atoms with Crippen LogP contribution in [0, 0.1) is 0 Å². The van der Waals surface area contributed by atoms with E-state index in [0.29, 0.717) is 19.3 Å². The lowest BCUT2D eigenvalue weighted by molar-refractivity contribution is -0.146. The fourth-order valence-corrected chi connectivity index (χ4v) is 8.34. The highest BCUT2D eigenvalue weighted by atomic mass is 16.5. The summed E-state index contributed by atoms with van der Waals surface area (Å²) in [6.07, 6.45) is 18.5. The summed E-state index contributed by atoms with van der Waals surface area (Å²) in [6.45, 7) is 7.06. The standard InChI is InChI=1S/C60H81N3O9/c1-4-7-10-13-16-28-37-70-58(67)52(40-46-31-22-19-23-32-46)61-55(64)49-43-50(56(65)62-53(41-47-33-24-20-25-34-47)59(68)71-38-29-17-14-11-8-5-2)45-51(44-49)57(66)63-54(42-48-35-26-21-27-36-48)60(69)72-39-30-18-15-12-9-6-3/h19-27,31-36,43-45,52-54H,4-18,28-30,37-42H2,1-3H3,(H,61,64)(H,62,65)(H,63,66)/t52-,53?,54?/m0/s1. The monoisotopic (exact) mass is 988 g/mol. The molecule has 0 saturated carbocycles. The Bertz CT molecular complexity index is 1940. The minimum atomic E-state index is -1.11. The molecule has 0 fully saturated rings. The molecule has 0 radical (unpaired) electrons. The molecule has 4 rings (SSSR count). The number of hydrogen-bond donors (Lipinski definition) is 3. The van der Waals surface area contributed by atoms with Gasteiger partial charge in [0, 0.05) is 36.0 Å². The third-order valence-corrected chi connectivity index (χ3v) is 12.6. The highest BCUT2D eigenvalue weighted by molar-refractivity contribution is 6.06. The summed E-state index contributed by atoms with van der Waals surface area (Å²) in [5.74, 6) is -4.06. The minimum Gasteiger partial charge on any atom is -0.464 e. The zero-order chi connectivity index (χ0) is 51.6. The van der Waals surface area contributed by atoms with E-state index in [-0.39, 0.29) is 55.8 Å². The van der Waals surface area contributed by atoms with E-state index in [1.54, 1.807) is 0 Å². The number of unbranched alkanes of at least 4 members (excludes halogenated alkanes) is 15. The number of nitrogens with one attached hydrogen (secondary N) is 3. The zero-order valence-corrected chi connectivity index (χ0v) is 43.3. The lowest BCUT2D eigenvalue weighted by Gasteiger charge is -2.21. The maximum atomic E-state index is 14.4. The van der Waals surface area contributed by atoms with Crippen molar-refractivity contribution in [3.63, 3.8) is 0 Å². The van der Waals surface area contributed by atoms with Crippen molar-refractivity contribution >= 4 is 35.6 Å². The van der Waals surface area contributed by atoms with E-state index < -0.39 is 53.8 Å². The van der Waals surface area contributed by atoms with Gasteiger partial charge in [0.05, 0.1) is 19.8 Å². The van der Waals surface area contributed by atoms with E-state index in [9.17, 15) is 28.8 Å². The summed E-state index contributed by atoms with van der Waals surface area (Å²) in [7, 11) is 0. The Balaban J connectivity index is 1.66. The molecule has 0 spiro atoms. The SMILES string of the molecule is CCCCCCCCOC(=O)C(Cc1ccccc1)NC(=O)c1cc(C(=O)NC(Cc2ccccc2)C(=O)OCCCCCCCC)cc(C(=O)N[C@@H](Cc2ccccc2)C(=O)OCCCCCCCC)c1. The van der Waals surface area contributed by atoms with Gasteiger partial charge in [0.15, 0.2) is 0 Å². The summed E-state index contributed by atoms with van der Waals surface area (Å²) >= 11 is 0. The summed E-state index contributed by atoms with van der Waals surface area (Å²) in [5, 5.41) is 8.49. The molecule has 0 heterocycles. The van der Waals surface area contributed by atoms with Crippen molar-refractivity contribution in [1.82, 2.24) is 16.0 Å². The largest absolute Gasteiger partial charge is 0.464 e. The Morgan fingerprint density at radius 2 is 0.583 bits per heavy atom. The topological polar surface area (TPSA) is 166 Å². The van der Waals surface area contributed by atoms with Crippen LogP contribution in [0.25, 0.3) is 0 Å². The molecule has 0 aliphatic carbocycles. The lowest BCUT2D eigenvalue weighted by atomic mass is 10.0. The second-order valence-electron chi connectivity index (χ2n) is 18.8. The summed E-state index contributed by atoms with van der Waals surface area (Å²) < 4.78 is 17.2. The van der Waals surface area contributed by atoms with Gasteiger partial charge in [-0.25, -0.2) is 14.4 Å². The van der Waals surface area contributed by atoms with E-state index in [0.717, 1.165) is 113 Å². The lowest BCUT2D eigenvalue weighted by Crippen LogP contribution is -2.45. The second kappa shape index (κ2) is 34.9. The molecular weight excluding hydrogens is 907 g/mol. The Morgan fingerprint density at radius 3 is 0.833 bits per heavy atom. The molecule has 4 aromatic carbocycles. The first kappa shape index (κ1) is 58.3. The van der Waals surface area contributed by atoms with Crippen LogP contribution in [0.1, 0.15) is 184 Å². The first-order valence-electron chi connectivity index (χ1n) is 26.8. The van der Waals surface area contributed by atoms with Crippen LogP contribution in [-0.2, 0) is 47.9 Å². The molecule has 12 nitrogen and oxygen atoms in total. The van der Waals surface area contributed by atoms with E-state index in [1.807, 2.05) is 91.0 Å². The molecule has 0 aliphatic heterocycles. The average Bonchev–Trinajstić information content (AvgIpc) is 3.40. The van der Waals surface area contributed by atoms with Gasteiger partial charge in [0.1, 0.15) is 18.1 Å². The average molecular weight is 988 g/mol. The van der Waals surface area contributed by atoms with Gasteiger partial charge in [0.25, 0.3) is 17.7 Å². The fraction of sp³-hybridized carbons (Fsp3) is 0.500. The molecule has 390 valence electrons. The third-order valence-electron chi connectivity index (χ3n) is 12.6. The van der Waals surface area contributed by atoms with Crippen LogP contribution < -0.4 is 16.0 Å². The number of carbonyl (C=O) groups excluding carboxylic acids is 6. The van der Waals surface area contributed by atoms with Gasteiger partial charge < -0.3 is 30.2 Å². The number of rotatable bonds is 36. The quantitative estimate of drug-likeness (QED) is 0.0228. The molecule has 3 amide bonds. The van der Waals surface area contributed by atoms with Crippen LogP contribution in [0.4, 0.5) is 0 Å². The van der Waals surface area contributed by atoms with Crippen LogP contribution >= 0.6 is 0 Å². The smallest absolute Gasteiger partial charge is 0.328 e. The van der Waals surface area contributed by atoms with Crippen molar-refractivity contribution < 1.29 is 43.0 Å². The summed E-state index contributed by atoms with van der Waals surface area (Å²) in [5.41, 5.74) is 2.04. The highest BCUT2D eigenvalue weighted by Crippen LogP contribution is 2.17. The number of benzene rings is 4. The Kier molecular flexibility index (Phi) is 28.3. The molecule has 3 atom stereocenters. The number of esters is 3. The van der Waals surface area contributed by atoms with Crippen molar-refractivity contribution in [2.75, 3.05) is 19.8 Å². The fourth-order valence-electron chi connectivity index (χ4n) is 8.34. The molecule has 4 aromatic rings. The zero-order valence-electron chi connectivity index (χ0n) is 43.3. The molecule has 0 aliphatic rings.